The smallest absolute Gasteiger partial charge is 0.356 e. The molecule has 0 spiro atoms. The van der Waals surface area contributed by atoms with Crippen molar-refractivity contribution in [2.24, 2.45) is 0 Å². The van der Waals surface area contributed by atoms with Crippen molar-refractivity contribution >= 4 is 11.9 Å². The molecule has 0 unspecified atom stereocenters. The molecule has 1 atom stereocenters. The number of hydrogen-bond donors (Lipinski definition) is 2. The molecular formula is C20H21F6N7O. The van der Waals surface area contributed by atoms with Crippen LogP contribution >= 0.6 is 0 Å². The number of nitrogens with one attached hydrogen (secondary N) is 2. The lowest BCUT2D eigenvalue weighted by Gasteiger charge is -2.16. The summed E-state index contributed by atoms with van der Waals surface area (Å²) in [5.41, 5.74) is -4.00. The minimum Gasteiger partial charge on any atom is -0.356 e. The van der Waals surface area contributed by atoms with Gasteiger partial charge in [-0.25, -0.2) is 9.97 Å². The van der Waals surface area contributed by atoms with E-state index in [-0.39, 0.29) is 23.8 Å². The fraction of sp³-hybridized carbons (Fsp3) is 0.350. The standard InChI is InChI=1S/C18H15F6N7O.C2H6/c1-9(13-29-15(25-2)30-31(13)16-26-4-3-5-27-16)28-14(32)10-6-11(17(19,20)21)8-12(7-10)18(22,23)24;1-2/h3-9H,1-2H3,(H,25,30)(H,28,32);1-2H3/t9-;/m0./s1. The highest BCUT2D eigenvalue weighted by Gasteiger charge is 2.37. The Kier molecular flexibility index (Phi) is 8.18. The summed E-state index contributed by atoms with van der Waals surface area (Å²) in [7, 11) is 1.53. The van der Waals surface area contributed by atoms with Crippen molar-refractivity contribution in [3.05, 3.63) is 59.2 Å². The van der Waals surface area contributed by atoms with E-state index in [9.17, 15) is 31.1 Å². The molecule has 0 saturated heterocycles. The van der Waals surface area contributed by atoms with E-state index >= 15 is 0 Å². The minimum absolute atomic E-state index is 0.0528. The molecule has 8 nitrogen and oxygen atoms in total. The van der Waals surface area contributed by atoms with E-state index < -0.39 is 41.0 Å². The Morgan fingerprint density at radius 3 is 1.97 bits per heavy atom. The van der Waals surface area contributed by atoms with E-state index in [2.05, 4.69) is 30.7 Å². The first-order chi connectivity index (χ1) is 15.9. The van der Waals surface area contributed by atoms with Crippen molar-refractivity contribution in [3.8, 4) is 5.95 Å². The average Bonchev–Trinajstić information content (AvgIpc) is 3.24. The summed E-state index contributed by atoms with van der Waals surface area (Å²) in [4.78, 5) is 24.7. The van der Waals surface area contributed by atoms with Crippen LogP contribution in [0.3, 0.4) is 0 Å². The maximum atomic E-state index is 13.1. The lowest BCUT2D eigenvalue weighted by molar-refractivity contribution is -0.143. The van der Waals surface area contributed by atoms with Crippen LogP contribution in [0, 0.1) is 0 Å². The van der Waals surface area contributed by atoms with Crippen LogP contribution in [-0.2, 0) is 12.4 Å². The van der Waals surface area contributed by atoms with Crippen molar-refractivity contribution in [1.29, 1.82) is 0 Å². The molecule has 0 saturated carbocycles. The number of aromatic nitrogens is 5. The van der Waals surface area contributed by atoms with Gasteiger partial charge in [0.05, 0.1) is 17.2 Å². The van der Waals surface area contributed by atoms with Gasteiger partial charge in [-0.3, -0.25) is 4.79 Å². The number of nitrogens with zero attached hydrogens (tertiary/aromatic N) is 5. The molecule has 2 heterocycles. The van der Waals surface area contributed by atoms with Gasteiger partial charge in [-0.1, -0.05) is 13.8 Å². The summed E-state index contributed by atoms with van der Waals surface area (Å²) in [5.74, 6) is -0.844. The first-order valence-corrected chi connectivity index (χ1v) is 9.92. The van der Waals surface area contributed by atoms with Crippen molar-refractivity contribution in [2.45, 2.75) is 39.2 Å². The lowest BCUT2D eigenvalue weighted by atomic mass is 10.0. The molecule has 0 bridgehead atoms. The summed E-state index contributed by atoms with van der Waals surface area (Å²) in [6, 6.07) is 1.21. The Hall–Kier alpha value is -3.71. The maximum absolute atomic E-state index is 13.1. The zero-order valence-electron chi connectivity index (χ0n) is 18.5. The highest BCUT2D eigenvalue weighted by atomic mass is 19.4. The second-order valence-electron chi connectivity index (χ2n) is 6.49. The van der Waals surface area contributed by atoms with Crippen LogP contribution in [-0.4, -0.2) is 37.7 Å². The molecule has 3 aromatic rings. The van der Waals surface area contributed by atoms with E-state index in [0.29, 0.717) is 12.1 Å². The largest absolute Gasteiger partial charge is 0.416 e. The maximum Gasteiger partial charge on any atom is 0.416 e. The number of amides is 1. The monoisotopic (exact) mass is 489 g/mol. The van der Waals surface area contributed by atoms with Crippen LogP contribution < -0.4 is 10.6 Å². The number of benzene rings is 1. The first kappa shape index (κ1) is 26.5. The average molecular weight is 489 g/mol. The van der Waals surface area contributed by atoms with E-state index in [1.54, 1.807) is 6.07 Å². The first-order valence-electron chi connectivity index (χ1n) is 9.92. The summed E-state index contributed by atoms with van der Waals surface area (Å²) in [5, 5.41) is 9.13. The van der Waals surface area contributed by atoms with Crippen molar-refractivity contribution in [1.82, 2.24) is 30.0 Å². The Bertz CT molecular complexity index is 1080. The van der Waals surface area contributed by atoms with Gasteiger partial charge in [-0.05, 0) is 31.2 Å². The molecule has 3 rings (SSSR count). The molecule has 2 aromatic heterocycles. The van der Waals surface area contributed by atoms with Gasteiger partial charge in [-0.2, -0.15) is 36.0 Å². The van der Waals surface area contributed by atoms with E-state index in [1.807, 2.05) is 13.8 Å². The third-order valence-corrected chi connectivity index (χ3v) is 4.18. The fourth-order valence-electron chi connectivity index (χ4n) is 2.69. The van der Waals surface area contributed by atoms with E-state index in [0.717, 1.165) is 0 Å². The molecule has 0 aliphatic heterocycles. The van der Waals surface area contributed by atoms with Gasteiger partial charge in [-0.15, -0.1) is 5.10 Å². The quantitative estimate of drug-likeness (QED) is 0.507. The fourth-order valence-corrected chi connectivity index (χ4v) is 2.69. The number of carbonyl (C=O) groups is 1. The third-order valence-electron chi connectivity index (χ3n) is 4.18. The second-order valence-corrected chi connectivity index (χ2v) is 6.49. The molecule has 0 radical (unpaired) electrons. The zero-order chi connectivity index (χ0) is 25.7. The van der Waals surface area contributed by atoms with Gasteiger partial charge >= 0.3 is 12.4 Å². The zero-order valence-corrected chi connectivity index (χ0v) is 18.5. The number of halogens is 6. The number of anilines is 1. The number of rotatable bonds is 5. The van der Waals surface area contributed by atoms with Crippen LogP contribution in [0.15, 0.2) is 36.7 Å². The predicted octanol–water partition coefficient (Wildman–Crippen LogP) is 4.65. The Morgan fingerprint density at radius 1 is 0.971 bits per heavy atom. The van der Waals surface area contributed by atoms with Crippen molar-refractivity contribution in [2.75, 3.05) is 12.4 Å². The molecule has 0 aliphatic carbocycles. The molecule has 0 aliphatic rings. The van der Waals surface area contributed by atoms with Gasteiger partial charge in [0, 0.05) is 25.0 Å². The molecule has 14 heteroatoms. The van der Waals surface area contributed by atoms with Gasteiger partial charge in [0.25, 0.3) is 11.9 Å². The summed E-state index contributed by atoms with van der Waals surface area (Å²) >= 11 is 0. The lowest BCUT2D eigenvalue weighted by Crippen LogP contribution is -2.29. The third kappa shape index (κ3) is 6.20. The summed E-state index contributed by atoms with van der Waals surface area (Å²) < 4.78 is 79.6. The van der Waals surface area contributed by atoms with Gasteiger partial charge in [0.1, 0.15) is 0 Å². The highest BCUT2D eigenvalue weighted by Crippen LogP contribution is 2.36. The number of alkyl halides is 6. The normalized spacial score (nSPS) is 12.4. The van der Waals surface area contributed by atoms with Gasteiger partial charge in [0.2, 0.25) is 5.95 Å². The number of carbonyl (C=O) groups excluding carboxylic acids is 1. The van der Waals surface area contributed by atoms with Gasteiger partial charge < -0.3 is 10.6 Å². The van der Waals surface area contributed by atoms with Crippen LogP contribution in [0.5, 0.6) is 0 Å². The van der Waals surface area contributed by atoms with Crippen molar-refractivity contribution < 1.29 is 31.1 Å². The van der Waals surface area contributed by atoms with Crippen LogP contribution in [0.4, 0.5) is 32.3 Å². The summed E-state index contributed by atoms with van der Waals surface area (Å²) in [6.07, 6.45) is -7.29. The predicted molar refractivity (Wildman–Crippen MR) is 110 cm³/mol. The molecule has 34 heavy (non-hydrogen) atoms. The SMILES string of the molecule is CC.CNc1nc([C@H](C)NC(=O)c2cc(C(F)(F)F)cc(C(F)(F)F)c2)n(-c2ncccn2)n1. The Labute approximate surface area is 190 Å². The van der Waals surface area contributed by atoms with Crippen LogP contribution in [0.1, 0.15) is 54.1 Å². The molecule has 2 N–H and O–H groups in total. The number of hydrogen-bond acceptors (Lipinski definition) is 6. The van der Waals surface area contributed by atoms with Crippen LogP contribution in [0.2, 0.25) is 0 Å². The molecule has 184 valence electrons. The Balaban J connectivity index is 0.00000199. The highest BCUT2D eigenvalue weighted by molar-refractivity contribution is 5.94. The Morgan fingerprint density at radius 2 is 1.50 bits per heavy atom. The van der Waals surface area contributed by atoms with E-state index in [4.69, 9.17) is 0 Å². The molecule has 1 amide bonds. The molecular weight excluding hydrogens is 468 g/mol. The van der Waals surface area contributed by atoms with E-state index in [1.165, 1.54) is 31.0 Å². The van der Waals surface area contributed by atoms with Crippen molar-refractivity contribution in [3.63, 3.8) is 0 Å². The van der Waals surface area contributed by atoms with Crippen LogP contribution in [0.25, 0.3) is 5.95 Å². The molecule has 1 aromatic carbocycles. The second kappa shape index (κ2) is 10.5. The molecule has 0 fully saturated rings. The minimum atomic E-state index is -5.07. The topological polar surface area (TPSA) is 97.6 Å². The van der Waals surface area contributed by atoms with Gasteiger partial charge in [0.15, 0.2) is 5.82 Å². The summed E-state index contributed by atoms with van der Waals surface area (Å²) in [6.45, 7) is 5.43.